The van der Waals surface area contributed by atoms with E-state index in [9.17, 15) is 8.42 Å². The molecule has 0 aliphatic rings. The molecule has 0 bridgehead atoms. The van der Waals surface area contributed by atoms with E-state index in [-0.39, 0.29) is 0 Å². The number of nitrogens with zero attached hydrogens (tertiary/aromatic N) is 1. The van der Waals surface area contributed by atoms with Gasteiger partial charge in [-0.15, -0.1) is 0 Å². The first-order valence-electron chi connectivity index (χ1n) is 7.28. The molecule has 2 aromatic carbocycles. The van der Waals surface area contributed by atoms with Crippen LogP contribution < -0.4 is 4.31 Å². The van der Waals surface area contributed by atoms with Gasteiger partial charge >= 0.3 is 0 Å². The lowest BCUT2D eigenvalue weighted by molar-refractivity contribution is 0.594. The van der Waals surface area contributed by atoms with Crippen molar-refractivity contribution in [1.82, 2.24) is 0 Å². The highest BCUT2D eigenvalue weighted by Gasteiger charge is 2.21. The first-order chi connectivity index (χ1) is 10.4. The smallest absolute Gasteiger partial charge is 0.264 e. The first-order valence-corrected chi connectivity index (χ1v) is 9.10. The van der Waals surface area contributed by atoms with Crippen LogP contribution in [-0.4, -0.2) is 15.5 Å². The van der Waals surface area contributed by atoms with Gasteiger partial charge in [0.1, 0.15) is 0 Å². The van der Waals surface area contributed by atoms with E-state index in [1.54, 1.807) is 43.4 Å². The van der Waals surface area contributed by atoms with Crippen molar-refractivity contribution in [2.75, 3.05) is 11.4 Å². The lowest BCUT2D eigenvalue weighted by Gasteiger charge is -2.19. The number of unbranched alkanes of at least 4 members (excludes halogenated alkanes) is 1. The molecule has 2 aromatic rings. The summed E-state index contributed by atoms with van der Waals surface area (Å²) >= 11 is 5.84. The van der Waals surface area contributed by atoms with E-state index in [0.29, 0.717) is 15.6 Å². The Morgan fingerprint density at radius 1 is 1.00 bits per heavy atom. The van der Waals surface area contributed by atoms with Gasteiger partial charge in [0.2, 0.25) is 0 Å². The average Bonchev–Trinajstić information content (AvgIpc) is 2.53. The Balaban J connectivity index is 2.23. The summed E-state index contributed by atoms with van der Waals surface area (Å²) in [5, 5.41) is 0.579. The molecule has 0 atom stereocenters. The van der Waals surface area contributed by atoms with Gasteiger partial charge in [0, 0.05) is 12.1 Å². The van der Waals surface area contributed by atoms with E-state index in [2.05, 4.69) is 6.92 Å². The van der Waals surface area contributed by atoms with Crippen LogP contribution in [0.3, 0.4) is 0 Å². The molecule has 22 heavy (non-hydrogen) atoms. The molecule has 2 rings (SSSR count). The van der Waals surface area contributed by atoms with Crippen molar-refractivity contribution in [2.45, 2.75) is 31.1 Å². The van der Waals surface area contributed by atoms with Crippen LogP contribution in [-0.2, 0) is 16.4 Å². The van der Waals surface area contributed by atoms with E-state index < -0.39 is 10.0 Å². The van der Waals surface area contributed by atoms with Gasteiger partial charge in [0.25, 0.3) is 10.0 Å². The maximum absolute atomic E-state index is 12.6. The van der Waals surface area contributed by atoms with Gasteiger partial charge in [-0.3, -0.25) is 4.31 Å². The number of halogens is 1. The second-order valence-corrected chi connectivity index (χ2v) is 7.60. The van der Waals surface area contributed by atoms with E-state index in [0.717, 1.165) is 24.8 Å². The molecule has 0 aromatic heterocycles. The van der Waals surface area contributed by atoms with Crippen LogP contribution in [0.5, 0.6) is 0 Å². The Hall–Kier alpha value is -1.52. The summed E-state index contributed by atoms with van der Waals surface area (Å²) in [6, 6.07) is 13.9. The molecule has 0 saturated heterocycles. The minimum absolute atomic E-state index is 0.296. The van der Waals surface area contributed by atoms with Crippen molar-refractivity contribution in [2.24, 2.45) is 0 Å². The highest BCUT2D eigenvalue weighted by atomic mass is 35.5. The largest absolute Gasteiger partial charge is 0.269 e. The summed E-state index contributed by atoms with van der Waals surface area (Å²) in [6.07, 6.45) is 3.21. The number of rotatable bonds is 6. The van der Waals surface area contributed by atoms with Crippen LogP contribution in [0.2, 0.25) is 5.02 Å². The van der Waals surface area contributed by atoms with Crippen molar-refractivity contribution in [3.63, 3.8) is 0 Å². The van der Waals surface area contributed by atoms with Gasteiger partial charge in [-0.25, -0.2) is 8.42 Å². The summed E-state index contributed by atoms with van der Waals surface area (Å²) in [4.78, 5) is 0.296. The second kappa shape index (κ2) is 7.16. The number of sulfonamides is 1. The molecule has 5 heteroatoms. The normalized spacial score (nSPS) is 11.4. The van der Waals surface area contributed by atoms with E-state index >= 15 is 0 Å². The quantitative estimate of drug-likeness (QED) is 0.777. The Kier molecular flexibility index (Phi) is 5.48. The van der Waals surface area contributed by atoms with Gasteiger partial charge in [-0.2, -0.15) is 0 Å². The summed E-state index contributed by atoms with van der Waals surface area (Å²) in [7, 11) is -2.01. The standard InChI is InChI=1S/C17H20ClNO2S/c1-3-4-5-14-6-12-17(13-7-14)22(20,21)19(2)16-10-8-15(18)9-11-16/h6-13H,3-5H2,1-2H3. The van der Waals surface area contributed by atoms with Crippen molar-refractivity contribution in [1.29, 1.82) is 0 Å². The van der Waals surface area contributed by atoms with Gasteiger partial charge in [0.15, 0.2) is 0 Å². The lowest BCUT2D eigenvalue weighted by Crippen LogP contribution is -2.26. The van der Waals surface area contributed by atoms with Crippen LogP contribution in [0.15, 0.2) is 53.4 Å². The predicted molar refractivity (Wildman–Crippen MR) is 92.1 cm³/mol. The van der Waals surface area contributed by atoms with Gasteiger partial charge in [-0.1, -0.05) is 37.1 Å². The number of anilines is 1. The molecule has 0 N–H and O–H groups in total. The third-order valence-electron chi connectivity index (χ3n) is 3.59. The fourth-order valence-corrected chi connectivity index (χ4v) is 3.48. The zero-order chi connectivity index (χ0) is 16.2. The van der Waals surface area contributed by atoms with Gasteiger partial charge in [-0.05, 0) is 54.8 Å². The molecule has 0 fully saturated rings. The molecular weight excluding hydrogens is 318 g/mol. The SMILES string of the molecule is CCCCc1ccc(S(=O)(=O)N(C)c2ccc(Cl)cc2)cc1. The first kappa shape index (κ1) is 16.8. The topological polar surface area (TPSA) is 37.4 Å². The summed E-state index contributed by atoms with van der Waals surface area (Å²) in [5.41, 5.74) is 1.74. The third-order valence-corrected chi connectivity index (χ3v) is 5.64. The van der Waals surface area contributed by atoms with Crippen molar-refractivity contribution >= 4 is 27.3 Å². The fraction of sp³-hybridized carbons (Fsp3) is 0.294. The Labute approximate surface area is 137 Å². The molecule has 0 radical (unpaired) electrons. The maximum atomic E-state index is 12.6. The third kappa shape index (κ3) is 3.81. The monoisotopic (exact) mass is 337 g/mol. The Morgan fingerprint density at radius 3 is 2.14 bits per heavy atom. The van der Waals surface area contributed by atoms with Crippen LogP contribution in [0.4, 0.5) is 5.69 Å². The molecule has 118 valence electrons. The molecule has 0 aliphatic carbocycles. The van der Waals surface area contributed by atoms with Crippen molar-refractivity contribution < 1.29 is 8.42 Å². The molecule has 0 heterocycles. The number of aryl methyl sites for hydroxylation is 1. The average molecular weight is 338 g/mol. The van der Waals surface area contributed by atoms with Crippen LogP contribution in [0, 0.1) is 0 Å². The lowest BCUT2D eigenvalue weighted by atomic mass is 10.1. The second-order valence-electron chi connectivity index (χ2n) is 5.20. The maximum Gasteiger partial charge on any atom is 0.264 e. The summed E-state index contributed by atoms with van der Waals surface area (Å²) in [5.74, 6) is 0. The van der Waals surface area contributed by atoms with Crippen LogP contribution >= 0.6 is 11.6 Å². The molecule has 0 spiro atoms. The highest BCUT2D eigenvalue weighted by Crippen LogP contribution is 2.24. The predicted octanol–water partition coefficient (Wildman–Crippen LogP) is 4.51. The number of hydrogen-bond donors (Lipinski definition) is 0. The molecule has 0 unspecified atom stereocenters. The number of benzene rings is 2. The molecule has 0 amide bonds. The summed E-state index contributed by atoms with van der Waals surface area (Å²) < 4.78 is 26.5. The minimum atomic E-state index is -3.55. The van der Waals surface area contributed by atoms with Crippen molar-refractivity contribution in [3.05, 3.63) is 59.1 Å². The van der Waals surface area contributed by atoms with Gasteiger partial charge < -0.3 is 0 Å². The number of hydrogen-bond acceptors (Lipinski definition) is 2. The minimum Gasteiger partial charge on any atom is -0.269 e. The van der Waals surface area contributed by atoms with Gasteiger partial charge in [0.05, 0.1) is 10.6 Å². The van der Waals surface area contributed by atoms with Crippen molar-refractivity contribution in [3.8, 4) is 0 Å². The summed E-state index contributed by atoms with van der Waals surface area (Å²) in [6.45, 7) is 2.14. The van der Waals surface area contributed by atoms with E-state index in [4.69, 9.17) is 11.6 Å². The van der Waals surface area contributed by atoms with Crippen LogP contribution in [0.1, 0.15) is 25.3 Å². The van der Waals surface area contributed by atoms with E-state index in [1.807, 2.05) is 12.1 Å². The molecule has 3 nitrogen and oxygen atoms in total. The highest BCUT2D eigenvalue weighted by molar-refractivity contribution is 7.92. The molecule has 0 saturated carbocycles. The van der Waals surface area contributed by atoms with E-state index in [1.165, 1.54) is 4.31 Å². The zero-order valence-electron chi connectivity index (χ0n) is 12.8. The fourth-order valence-electron chi connectivity index (χ4n) is 2.16. The molecule has 0 aliphatic heterocycles. The van der Waals surface area contributed by atoms with Crippen LogP contribution in [0.25, 0.3) is 0 Å². The molecular formula is C17H20ClNO2S. The zero-order valence-corrected chi connectivity index (χ0v) is 14.4. The Morgan fingerprint density at radius 2 is 1.59 bits per heavy atom. The Bertz CT molecular complexity index is 709.